The minimum Gasteiger partial charge on any atom is -0.369 e. The second-order valence-corrected chi connectivity index (χ2v) is 4.92. The van der Waals surface area contributed by atoms with E-state index in [1.165, 1.54) is 0 Å². The highest BCUT2D eigenvalue weighted by molar-refractivity contribution is 5.77. The molecule has 110 valence electrons. The van der Waals surface area contributed by atoms with E-state index in [0.717, 1.165) is 12.3 Å². The summed E-state index contributed by atoms with van der Waals surface area (Å²) < 4.78 is 38.0. The largest absolute Gasteiger partial charge is 0.433 e. The van der Waals surface area contributed by atoms with Gasteiger partial charge in [-0.2, -0.15) is 13.2 Å². The molecule has 1 saturated heterocycles. The predicted molar refractivity (Wildman–Crippen MR) is 65.8 cm³/mol. The number of piperidine rings is 1. The summed E-state index contributed by atoms with van der Waals surface area (Å²) in [6.07, 6.45) is -2.15. The molecule has 0 aliphatic carbocycles. The van der Waals surface area contributed by atoms with E-state index in [-0.39, 0.29) is 24.5 Å². The molecular formula is C12H15F3N4O. The summed E-state index contributed by atoms with van der Waals surface area (Å²) in [7, 11) is 0. The first kappa shape index (κ1) is 14.5. The van der Waals surface area contributed by atoms with Gasteiger partial charge in [0.2, 0.25) is 11.9 Å². The molecule has 1 aliphatic heterocycles. The zero-order valence-corrected chi connectivity index (χ0v) is 10.9. The van der Waals surface area contributed by atoms with E-state index in [9.17, 15) is 18.0 Å². The summed E-state index contributed by atoms with van der Waals surface area (Å²) in [5.41, 5.74) is 4.28. The molecule has 20 heavy (non-hydrogen) atoms. The Kier molecular flexibility index (Phi) is 3.82. The molecule has 1 fully saturated rings. The standard InChI is InChI=1S/C12H15F3N4O/c1-7-2-3-8(10(16)20)6-19(7)11-17-5-4-9(18-11)12(13,14)15/h4-5,7-8H,2-3,6H2,1H3,(H2,16,20)/t7-,8-/m0/s1. The lowest BCUT2D eigenvalue weighted by Crippen LogP contribution is -2.46. The number of rotatable bonds is 2. The van der Waals surface area contributed by atoms with Crippen LogP contribution < -0.4 is 10.6 Å². The fourth-order valence-electron chi connectivity index (χ4n) is 2.26. The number of hydrogen-bond acceptors (Lipinski definition) is 4. The minimum atomic E-state index is -4.51. The molecule has 1 aliphatic rings. The maximum Gasteiger partial charge on any atom is 0.433 e. The molecule has 1 aromatic heterocycles. The van der Waals surface area contributed by atoms with Gasteiger partial charge in [0, 0.05) is 18.8 Å². The molecule has 0 aromatic carbocycles. The zero-order chi connectivity index (χ0) is 14.9. The van der Waals surface area contributed by atoms with Crippen molar-refractivity contribution in [3.05, 3.63) is 18.0 Å². The van der Waals surface area contributed by atoms with Crippen molar-refractivity contribution in [3.63, 3.8) is 0 Å². The average Bonchev–Trinajstić information content (AvgIpc) is 2.38. The summed E-state index contributed by atoms with van der Waals surface area (Å²) >= 11 is 0. The lowest BCUT2D eigenvalue weighted by atomic mass is 9.93. The summed E-state index contributed by atoms with van der Waals surface area (Å²) in [5, 5.41) is 0. The molecule has 0 unspecified atom stereocenters. The number of nitrogens with two attached hydrogens (primary N) is 1. The molecular weight excluding hydrogens is 273 g/mol. The Balaban J connectivity index is 2.27. The van der Waals surface area contributed by atoms with Gasteiger partial charge in [-0.15, -0.1) is 0 Å². The monoisotopic (exact) mass is 288 g/mol. The van der Waals surface area contributed by atoms with E-state index in [4.69, 9.17) is 5.73 Å². The number of carbonyl (C=O) groups excluding carboxylic acids is 1. The van der Waals surface area contributed by atoms with Gasteiger partial charge in [0.1, 0.15) is 5.69 Å². The van der Waals surface area contributed by atoms with Gasteiger partial charge in [-0.25, -0.2) is 9.97 Å². The van der Waals surface area contributed by atoms with Gasteiger partial charge in [0.15, 0.2) is 0 Å². The Morgan fingerprint density at radius 1 is 1.45 bits per heavy atom. The van der Waals surface area contributed by atoms with Crippen LogP contribution >= 0.6 is 0 Å². The van der Waals surface area contributed by atoms with Crippen LogP contribution in [0.1, 0.15) is 25.5 Å². The first-order valence-corrected chi connectivity index (χ1v) is 6.25. The van der Waals surface area contributed by atoms with E-state index in [0.29, 0.717) is 12.8 Å². The van der Waals surface area contributed by atoms with Crippen molar-refractivity contribution in [3.8, 4) is 0 Å². The maximum atomic E-state index is 12.7. The van der Waals surface area contributed by atoms with Crippen LogP contribution in [-0.2, 0) is 11.0 Å². The summed E-state index contributed by atoms with van der Waals surface area (Å²) in [5.74, 6) is -0.850. The molecule has 2 heterocycles. The fourth-order valence-corrected chi connectivity index (χ4v) is 2.26. The van der Waals surface area contributed by atoms with Crippen molar-refractivity contribution in [2.75, 3.05) is 11.4 Å². The lowest BCUT2D eigenvalue weighted by Gasteiger charge is -2.36. The summed E-state index contributed by atoms with van der Waals surface area (Å²) in [6, 6.07) is 0.790. The van der Waals surface area contributed by atoms with Crippen molar-refractivity contribution < 1.29 is 18.0 Å². The van der Waals surface area contributed by atoms with Gasteiger partial charge in [0.25, 0.3) is 0 Å². The zero-order valence-electron chi connectivity index (χ0n) is 10.9. The molecule has 2 N–H and O–H groups in total. The molecule has 0 spiro atoms. The topological polar surface area (TPSA) is 72.1 Å². The Labute approximate surface area is 114 Å². The molecule has 0 bridgehead atoms. The summed E-state index contributed by atoms with van der Waals surface area (Å²) in [6.45, 7) is 2.11. The molecule has 2 atom stereocenters. The first-order valence-electron chi connectivity index (χ1n) is 6.25. The van der Waals surface area contributed by atoms with E-state index in [1.807, 2.05) is 6.92 Å². The molecule has 1 amide bonds. The Hall–Kier alpha value is -1.86. The minimum absolute atomic E-state index is 0.0155. The Bertz CT molecular complexity index is 506. The second kappa shape index (κ2) is 5.26. The van der Waals surface area contributed by atoms with E-state index in [2.05, 4.69) is 9.97 Å². The molecule has 0 radical (unpaired) electrons. The number of nitrogens with zero attached hydrogens (tertiary/aromatic N) is 3. The normalized spacial score (nSPS) is 23.7. The Morgan fingerprint density at radius 2 is 2.15 bits per heavy atom. The van der Waals surface area contributed by atoms with Gasteiger partial charge in [-0.05, 0) is 25.8 Å². The van der Waals surface area contributed by atoms with Crippen LogP contribution in [0.15, 0.2) is 12.3 Å². The highest BCUT2D eigenvalue weighted by atomic mass is 19.4. The number of amides is 1. The number of alkyl halides is 3. The first-order chi connectivity index (χ1) is 9.29. The predicted octanol–water partition coefficient (Wildman–Crippen LogP) is 1.59. The highest BCUT2D eigenvalue weighted by Crippen LogP contribution is 2.30. The summed E-state index contributed by atoms with van der Waals surface area (Å²) in [4.78, 5) is 20.3. The van der Waals surface area contributed by atoms with Crippen LogP contribution in [0.3, 0.4) is 0 Å². The molecule has 0 saturated carbocycles. The number of primary amides is 1. The van der Waals surface area contributed by atoms with Gasteiger partial charge in [-0.3, -0.25) is 4.79 Å². The lowest BCUT2D eigenvalue weighted by molar-refractivity contribution is -0.141. The van der Waals surface area contributed by atoms with Crippen LogP contribution in [0.5, 0.6) is 0 Å². The highest BCUT2D eigenvalue weighted by Gasteiger charge is 2.35. The second-order valence-electron chi connectivity index (χ2n) is 4.92. The van der Waals surface area contributed by atoms with Crippen molar-refractivity contribution >= 4 is 11.9 Å². The van der Waals surface area contributed by atoms with Gasteiger partial charge < -0.3 is 10.6 Å². The van der Waals surface area contributed by atoms with Crippen LogP contribution in [0.4, 0.5) is 19.1 Å². The average molecular weight is 288 g/mol. The van der Waals surface area contributed by atoms with Crippen LogP contribution in [0.2, 0.25) is 0 Å². The van der Waals surface area contributed by atoms with Gasteiger partial charge in [0.05, 0.1) is 5.92 Å². The fraction of sp³-hybridized carbons (Fsp3) is 0.583. The van der Waals surface area contributed by atoms with Gasteiger partial charge >= 0.3 is 6.18 Å². The third kappa shape index (κ3) is 3.00. The van der Waals surface area contributed by atoms with E-state index in [1.54, 1.807) is 4.90 Å². The number of carbonyl (C=O) groups is 1. The Morgan fingerprint density at radius 3 is 2.75 bits per heavy atom. The van der Waals surface area contributed by atoms with E-state index < -0.39 is 17.8 Å². The van der Waals surface area contributed by atoms with Crippen LogP contribution in [0.25, 0.3) is 0 Å². The number of hydrogen-bond donors (Lipinski definition) is 1. The number of anilines is 1. The maximum absolute atomic E-state index is 12.7. The molecule has 2 rings (SSSR count). The van der Waals surface area contributed by atoms with Gasteiger partial charge in [-0.1, -0.05) is 0 Å². The SMILES string of the molecule is C[C@H]1CC[C@H](C(N)=O)CN1c1nccc(C(F)(F)F)n1. The van der Waals surface area contributed by atoms with Crippen molar-refractivity contribution in [1.29, 1.82) is 0 Å². The molecule has 1 aromatic rings. The van der Waals surface area contributed by atoms with Crippen molar-refractivity contribution in [2.45, 2.75) is 32.0 Å². The number of halogens is 3. The third-order valence-electron chi connectivity index (χ3n) is 3.47. The van der Waals surface area contributed by atoms with Crippen molar-refractivity contribution in [2.24, 2.45) is 11.7 Å². The van der Waals surface area contributed by atoms with Crippen LogP contribution in [0, 0.1) is 5.92 Å². The third-order valence-corrected chi connectivity index (χ3v) is 3.47. The smallest absolute Gasteiger partial charge is 0.369 e. The molecule has 8 heteroatoms. The quantitative estimate of drug-likeness (QED) is 0.897. The number of aromatic nitrogens is 2. The van der Waals surface area contributed by atoms with Crippen molar-refractivity contribution in [1.82, 2.24) is 9.97 Å². The molecule has 5 nitrogen and oxygen atoms in total. The van der Waals surface area contributed by atoms with Crippen LogP contribution in [-0.4, -0.2) is 28.5 Å². The van der Waals surface area contributed by atoms with E-state index >= 15 is 0 Å².